The van der Waals surface area contributed by atoms with E-state index in [-0.39, 0.29) is 11.5 Å². The molecule has 3 rings (SSSR count). The van der Waals surface area contributed by atoms with E-state index in [2.05, 4.69) is 5.10 Å². The van der Waals surface area contributed by atoms with E-state index in [1.807, 2.05) is 30.3 Å². The van der Waals surface area contributed by atoms with Gasteiger partial charge in [-0.1, -0.05) is 36.4 Å². The molecule has 6 heteroatoms. The van der Waals surface area contributed by atoms with E-state index in [0.29, 0.717) is 18.7 Å². The number of aryl methyl sites for hydroxylation is 1. The van der Waals surface area contributed by atoms with Crippen LogP contribution in [0.15, 0.2) is 48.5 Å². The maximum absolute atomic E-state index is 13.8. The Morgan fingerprint density at radius 2 is 1.84 bits per heavy atom. The molecule has 0 radical (unpaired) electrons. The molecule has 0 amide bonds. The van der Waals surface area contributed by atoms with Gasteiger partial charge < -0.3 is 5.73 Å². The molecule has 0 bridgehead atoms. The van der Waals surface area contributed by atoms with Crippen molar-refractivity contribution in [1.29, 1.82) is 0 Å². The molecule has 1 aromatic heterocycles. The van der Waals surface area contributed by atoms with Gasteiger partial charge in [-0.15, -0.1) is 0 Å². The summed E-state index contributed by atoms with van der Waals surface area (Å²) < 4.78 is 15.5. The van der Waals surface area contributed by atoms with E-state index in [0.717, 1.165) is 22.4 Å². The number of rotatable bonds is 5. The summed E-state index contributed by atoms with van der Waals surface area (Å²) in [5.41, 5.74) is 9.73. The molecule has 0 saturated heterocycles. The lowest BCUT2D eigenvalue weighted by Gasteiger charge is -2.09. The van der Waals surface area contributed by atoms with Crippen LogP contribution in [0.25, 0.3) is 11.3 Å². The number of aromatic nitrogens is 2. The van der Waals surface area contributed by atoms with Gasteiger partial charge in [-0.25, -0.2) is 4.39 Å². The molecule has 2 aromatic carbocycles. The smallest absolute Gasteiger partial charge is 0.272 e. The first-order chi connectivity index (χ1) is 12.0. The van der Waals surface area contributed by atoms with Gasteiger partial charge >= 0.3 is 0 Å². The summed E-state index contributed by atoms with van der Waals surface area (Å²) in [4.78, 5) is 11.5. The van der Waals surface area contributed by atoms with Gasteiger partial charge in [-0.05, 0) is 52.9 Å². The topological polar surface area (TPSA) is 60.9 Å². The van der Waals surface area contributed by atoms with Crippen LogP contribution < -0.4 is 5.73 Å². The third-order valence-electron chi connectivity index (χ3n) is 4.04. The molecule has 1 heterocycles. The SMILES string of the molecule is Cc1ccc(Cn2nc(C(=O)Cl)cc2-c2ccc(CN)cc2)cc1F. The molecular formula is C19H17ClFN3O. The van der Waals surface area contributed by atoms with E-state index in [1.165, 1.54) is 6.07 Å². The second-order valence-electron chi connectivity index (χ2n) is 5.83. The first kappa shape index (κ1) is 17.3. The highest BCUT2D eigenvalue weighted by molar-refractivity contribution is 6.67. The second-order valence-corrected chi connectivity index (χ2v) is 6.17. The highest BCUT2D eigenvalue weighted by atomic mass is 35.5. The average Bonchev–Trinajstić information content (AvgIpc) is 3.02. The van der Waals surface area contributed by atoms with Crippen LogP contribution in [0.4, 0.5) is 4.39 Å². The molecule has 0 aliphatic heterocycles. The molecule has 128 valence electrons. The van der Waals surface area contributed by atoms with Crippen molar-refractivity contribution in [2.24, 2.45) is 5.73 Å². The van der Waals surface area contributed by atoms with E-state index < -0.39 is 5.24 Å². The number of carbonyl (C=O) groups is 1. The number of halogens is 2. The van der Waals surface area contributed by atoms with Gasteiger partial charge in [0.15, 0.2) is 0 Å². The Balaban J connectivity index is 2.01. The van der Waals surface area contributed by atoms with Crippen LogP contribution in [0.1, 0.15) is 27.2 Å². The molecule has 0 saturated carbocycles. The van der Waals surface area contributed by atoms with Crippen molar-refractivity contribution in [3.63, 3.8) is 0 Å². The second kappa shape index (κ2) is 7.17. The van der Waals surface area contributed by atoms with Gasteiger partial charge in [0.25, 0.3) is 5.24 Å². The Morgan fingerprint density at radius 3 is 2.44 bits per heavy atom. The van der Waals surface area contributed by atoms with Crippen LogP contribution in [0, 0.1) is 12.7 Å². The number of carbonyl (C=O) groups excluding carboxylic acids is 1. The van der Waals surface area contributed by atoms with Crippen molar-refractivity contribution in [2.75, 3.05) is 0 Å². The van der Waals surface area contributed by atoms with Crippen molar-refractivity contribution in [3.05, 3.63) is 76.7 Å². The maximum atomic E-state index is 13.8. The third kappa shape index (κ3) is 3.78. The number of benzene rings is 2. The van der Waals surface area contributed by atoms with E-state index in [4.69, 9.17) is 17.3 Å². The molecule has 0 aliphatic rings. The minimum atomic E-state index is -0.631. The summed E-state index contributed by atoms with van der Waals surface area (Å²) in [5.74, 6) is -0.271. The van der Waals surface area contributed by atoms with Crippen molar-refractivity contribution < 1.29 is 9.18 Å². The fraction of sp³-hybridized carbons (Fsp3) is 0.158. The fourth-order valence-electron chi connectivity index (χ4n) is 2.58. The largest absolute Gasteiger partial charge is 0.326 e. The van der Waals surface area contributed by atoms with Crippen molar-refractivity contribution in [1.82, 2.24) is 9.78 Å². The normalized spacial score (nSPS) is 10.9. The minimum absolute atomic E-state index is 0.159. The monoisotopic (exact) mass is 357 g/mol. The van der Waals surface area contributed by atoms with Crippen LogP contribution in [0.3, 0.4) is 0 Å². The Labute approximate surface area is 150 Å². The molecule has 0 fully saturated rings. The predicted octanol–water partition coefficient (Wildman–Crippen LogP) is 3.88. The van der Waals surface area contributed by atoms with Gasteiger partial charge in [-0.3, -0.25) is 9.48 Å². The number of nitrogens with zero attached hydrogens (tertiary/aromatic N) is 2. The van der Waals surface area contributed by atoms with Gasteiger partial charge in [0, 0.05) is 6.54 Å². The zero-order chi connectivity index (χ0) is 18.0. The van der Waals surface area contributed by atoms with Crippen LogP contribution in [-0.4, -0.2) is 15.0 Å². The first-order valence-corrected chi connectivity index (χ1v) is 8.18. The average molecular weight is 358 g/mol. The Morgan fingerprint density at radius 1 is 1.16 bits per heavy atom. The molecular weight excluding hydrogens is 341 g/mol. The zero-order valence-corrected chi connectivity index (χ0v) is 14.4. The first-order valence-electron chi connectivity index (χ1n) is 7.80. The van der Waals surface area contributed by atoms with Crippen LogP contribution in [0.5, 0.6) is 0 Å². The lowest BCUT2D eigenvalue weighted by Crippen LogP contribution is -2.05. The molecule has 0 unspecified atom stereocenters. The third-order valence-corrected chi connectivity index (χ3v) is 4.23. The molecule has 25 heavy (non-hydrogen) atoms. The molecule has 0 atom stereocenters. The lowest BCUT2D eigenvalue weighted by atomic mass is 10.1. The number of hydrogen-bond donors (Lipinski definition) is 1. The maximum Gasteiger partial charge on any atom is 0.272 e. The summed E-state index contributed by atoms with van der Waals surface area (Å²) in [7, 11) is 0. The van der Waals surface area contributed by atoms with Gasteiger partial charge in [0.2, 0.25) is 0 Å². The predicted molar refractivity (Wildman–Crippen MR) is 96.0 cm³/mol. The number of nitrogens with two attached hydrogens (primary N) is 1. The van der Waals surface area contributed by atoms with Crippen molar-refractivity contribution in [3.8, 4) is 11.3 Å². The van der Waals surface area contributed by atoms with Crippen LogP contribution in [-0.2, 0) is 13.1 Å². The standard InChI is InChI=1S/C19H17ClFN3O/c1-12-2-3-14(8-16(12)21)11-24-18(9-17(23-24)19(20)25)15-6-4-13(10-22)5-7-15/h2-9H,10-11,22H2,1H3. The lowest BCUT2D eigenvalue weighted by molar-refractivity contribution is 0.107. The van der Waals surface area contributed by atoms with E-state index >= 15 is 0 Å². The quantitative estimate of drug-likeness (QED) is 0.705. The van der Waals surface area contributed by atoms with E-state index in [9.17, 15) is 9.18 Å². The molecule has 0 spiro atoms. The Hall–Kier alpha value is -2.50. The van der Waals surface area contributed by atoms with Crippen molar-refractivity contribution in [2.45, 2.75) is 20.0 Å². The van der Waals surface area contributed by atoms with Crippen LogP contribution >= 0.6 is 11.6 Å². The molecule has 2 N–H and O–H groups in total. The van der Waals surface area contributed by atoms with Crippen molar-refractivity contribution >= 4 is 16.8 Å². The molecule has 3 aromatic rings. The summed E-state index contributed by atoms with van der Waals surface area (Å²) in [6.07, 6.45) is 0. The van der Waals surface area contributed by atoms with E-state index in [1.54, 1.807) is 23.7 Å². The number of hydrogen-bond acceptors (Lipinski definition) is 3. The van der Waals surface area contributed by atoms with Gasteiger partial charge in [0.05, 0.1) is 12.2 Å². The summed E-state index contributed by atoms with van der Waals surface area (Å²) in [5, 5.41) is 3.63. The molecule has 4 nitrogen and oxygen atoms in total. The Bertz CT molecular complexity index is 919. The fourth-order valence-corrected chi connectivity index (χ4v) is 2.68. The highest BCUT2D eigenvalue weighted by Crippen LogP contribution is 2.23. The highest BCUT2D eigenvalue weighted by Gasteiger charge is 2.15. The Kier molecular flexibility index (Phi) is 4.97. The van der Waals surface area contributed by atoms with Gasteiger partial charge in [-0.2, -0.15) is 5.10 Å². The van der Waals surface area contributed by atoms with Gasteiger partial charge in [0.1, 0.15) is 11.5 Å². The summed E-state index contributed by atoms with van der Waals surface area (Å²) in [6, 6.07) is 14.3. The summed E-state index contributed by atoms with van der Waals surface area (Å²) in [6.45, 7) is 2.49. The summed E-state index contributed by atoms with van der Waals surface area (Å²) >= 11 is 5.58. The minimum Gasteiger partial charge on any atom is -0.326 e. The van der Waals surface area contributed by atoms with Crippen LogP contribution in [0.2, 0.25) is 0 Å². The molecule has 0 aliphatic carbocycles. The zero-order valence-electron chi connectivity index (χ0n) is 13.7.